The molecular formula is C14H26N2O. The summed E-state index contributed by atoms with van der Waals surface area (Å²) in [6.07, 6.45) is 9.08. The highest BCUT2D eigenvalue weighted by Crippen LogP contribution is 2.44. The van der Waals surface area contributed by atoms with E-state index in [4.69, 9.17) is 10.5 Å². The normalized spacial score (nSPS) is 40.4. The van der Waals surface area contributed by atoms with Crippen molar-refractivity contribution in [2.75, 3.05) is 26.2 Å². The lowest BCUT2D eigenvalue weighted by atomic mass is 9.82. The molecule has 0 aromatic heterocycles. The zero-order valence-electron chi connectivity index (χ0n) is 10.8. The van der Waals surface area contributed by atoms with Crippen molar-refractivity contribution in [1.29, 1.82) is 0 Å². The summed E-state index contributed by atoms with van der Waals surface area (Å²) >= 11 is 0. The molecule has 3 unspecified atom stereocenters. The molecule has 0 spiro atoms. The molecule has 1 saturated heterocycles. The van der Waals surface area contributed by atoms with E-state index in [0.29, 0.717) is 6.54 Å². The molecule has 2 aliphatic carbocycles. The van der Waals surface area contributed by atoms with Gasteiger partial charge in [-0.25, -0.2) is 0 Å². The van der Waals surface area contributed by atoms with Crippen molar-refractivity contribution in [3.05, 3.63) is 0 Å². The van der Waals surface area contributed by atoms with Crippen molar-refractivity contribution in [3.63, 3.8) is 0 Å². The fourth-order valence-electron chi connectivity index (χ4n) is 3.74. The van der Waals surface area contributed by atoms with E-state index in [0.717, 1.165) is 37.6 Å². The van der Waals surface area contributed by atoms with Gasteiger partial charge in [-0.3, -0.25) is 4.90 Å². The number of hydrogen-bond acceptors (Lipinski definition) is 3. The molecule has 1 aliphatic heterocycles. The molecule has 0 bridgehead atoms. The number of nitrogens with zero attached hydrogens (tertiary/aromatic N) is 1. The quantitative estimate of drug-likeness (QED) is 0.812. The Morgan fingerprint density at radius 2 is 2.00 bits per heavy atom. The number of ether oxygens (including phenoxy) is 1. The largest absolute Gasteiger partial charge is 0.374 e. The van der Waals surface area contributed by atoms with Crippen LogP contribution in [0.4, 0.5) is 0 Å². The van der Waals surface area contributed by atoms with Crippen molar-refractivity contribution in [2.24, 2.45) is 17.6 Å². The molecule has 3 atom stereocenters. The first-order valence-corrected chi connectivity index (χ1v) is 7.42. The average Bonchev–Trinajstić information content (AvgIpc) is 3.23. The van der Waals surface area contributed by atoms with E-state index in [9.17, 15) is 0 Å². The second kappa shape index (κ2) is 5.25. The van der Waals surface area contributed by atoms with Crippen LogP contribution in [0, 0.1) is 11.8 Å². The van der Waals surface area contributed by atoms with Crippen LogP contribution in [0.2, 0.25) is 0 Å². The summed E-state index contributed by atoms with van der Waals surface area (Å²) in [6.45, 7) is 3.75. The highest BCUT2D eigenvalue weighted by atomic mass is 16.5. The lowest BCUT2D eigenvalue weighted by molar-refractivity contribution is -0.0474. The molecule has 3 rings (SSSR count). The average molecular weight is 238 g/mol. The first-order valence-electron chi connectivity index (χ1n) is 7.42. The Bertz CT molecular complexity index is 255. The van der Waals surface area contributed by atoms with Crippen LogP contribution >= 0.6 is 0 Å². The molecule has 3 nitrogen and oxygen atoms in total. The first kappa shape index (κ1) is 11.9. The van der Waals surface area contributed by atoms with E-state index < -0.39 is 0 Å². The van der Waals surface area contributed by atoms with Crippen LogP contribution in [-0.4, -0.2) is 43.3 Å². The van der Waals surface area contributed by atoms with E-state index in [1.807, 2.05) is 0 Å². The zero-order chi connectivity index (χ0) is 11.7. The van der Waals surface area contributed by atoms with Crippen LogP contribution < -0.4 is 5.73 Å². The third-order valence-corrected chi connectivity index (χ3v) is 4.93. The van der Waals surface area contributed by atoms with Gasteiger partial charge in [0.15, 0.2) is 0 Å². The van der Waals surface area contributed by atoms with Crippen molar-refractivity contribution >= 4 is 0 Å². The van der Waals surface area contributed by atoms with Gasteiger partial charge in [-0.1, -0.05) is 12.8 Å². The Hall–Kier alpha value is -0.120. The number of rotatable bonds is 3. The first-order chi connectivity index (χ1) is 8.36. The minimum absolute atomic E-state index is 0.282. The summed E-state index contributed by atoms with van der Waals surface area (Å²) < 4.78 is 5.67. The maximum absolute atomic E-state index is 5.73. The molecule has 3 heteroatoms. The molecule has 0 aromatic rings. The molecule has 0 aromatic carbocycles. The minimum atomic E-state index is 0.282. The molecule has 2 N–H and O–H groups in total. The Balaban J connectivity index is 1.55. The Kier molecular flexibility index (Phi) is 3.69. The molecule has 1 heterocycles. The lowest BCUT2D eigenvalue weighted by Crippen LogP contribution is -2.51. The van der Waals surface area contributed by atoms with E-state index in [1.165, 1.54) is 38.5 Å². The summed E-state index contributed by atoms with van der Waals surface area (Å²) in [7, 11) is 0. The summed E-state index contributed by atoms with van der Waals surface area (Å²) in [5.74, 6) is 2.12. The molecule has 17 heavy (non-hydrogen) atoms. The molecule has 3 fully saturated rings. The molecule has 0 amide bonds. The summed E-state index contributed by atoms with van der Waals surface area (Å²) in [4.78, 5) is 2.66. The number of hydrogen-bond donors (Lipinski definition) is 1. The van der Waals surface area contributed by atoms with E-state index in [-0.39, 0.29) is 6.10 Å². The van der Waals surface area contributed by atoms with E-state index in [1.54, 1.807) is 0 Å². The van der Waals surface area contributed by atoms with Crippen LogP contribution in [0.1, 0.15) is 38.5 Å². The standard InChI is InChI=1S/C14H26N2O/c15-9-14-10-16(6-7-17-14)13-3-1-2-12(8-13)11-4-5-11/h11-14H,1-10,15H2. The maximum atomic E-state index is 5.73. The van der Waals surface area contributed by atoms with E-state index in [2.05, 4.69) is 4.90 Å². The van der Waals surface area contributed by atoms with E-state index >= 15 is 0 Å². The van der Waals surface area contributed by atoms with Gasteiger partial charge < -0.3 is 10.5 Å². The molecule has 0 radical (unpaired) electrons. The second-order valence-corrected chi connectivity index (χ2v) is 6.14. The monoisotopic (exact) mass is 238 g/mol. The minimum Gasteiger partial charge on any atom is -0.374 e. The van der Waals surface area contributed by atoms with Crippen molar-refractivity contribution < 1.29 is 4.74 Å². The zero-order valence-corrected chi connectivity index (χ0v) is 10.8. The Morgan fingerprint density at radius 3 is 2.76 bits per heavy atom. The van der Waals surface area contributed by atoms with Crippen LogP contribution in [0.25, 0.3) is 0 Å². The Labute approximate surface area is 105 Å². The van der Waals surface area contributed by atoms with Crippen LogP contribution in [-0.2, 0) is 4.74 Å². The highest BCUT2D eigenvalue weighted by Gasteiger charge is 2.37. The van der Waals surface area contributed by atoms with Gasteiger partial charge in [0.2, 0.25) is 0 Å². The van der Waals surface area contributed by atoms with Crippen LogP contribution in [0.5, 0.6) is 0 Å². The third-order valence-electron chi connectivity index (χ3n) is 4.93. The van der Waals surface area contributed by atoms with Gasteiger partial charge in [-0.15, -0.1) is 0 Å². The van der Waals surface area contributed by atoms with Gasteiger partial charge in [-0.2, -0.15) is 0 Å². The Morgan fingerprint density at radius 1 is 1.12 bits per heavy atom. The van der Waals surface area contributed by atoms with Gasteiger partial charge in [0.25, 0.3) is 0 Å². The molecule has 3 aliphatic rings. The predicted molar refractivity (Wildman–Crippen MR) is 68.8 cm³/mol. The van der Waals surface area contributed by atoms with Crippen molar-refractivity contribution in [2.45, 2.75) is 50.7 Å². The predicted octanol–water partition coefficient (Wildman–Crippen LogP) is 1.61. The molecule has 2 saturated carbocycles. The number of morpholine rings is 1. The number of nitrogens with two attached hydrogens (primary N) is 1. The van der Waals surface area contributed by atoms with Gasteiger partial charge in [0.05, 0.1) is 12.7 Å². The van der Waals surface area contributed by atoms with Crippen molar-refractivity contribution in [1.82, 2.24) is 4.90 Å². The third kappa shape index (κ3) is 2.83. The van der Waals surface area contributed by atoms with Gasteiger partial charge in [0, 0.05) is 25.7 Å². The fraction of sp³-hybridized carbons (Fsp3) is 1.00. The smallest absolute Gasteiger partial charge is 0.0824 e. The SMILES string of the molecule is NCC1CN(C2CCCC(C3CC3)C2)CCO1. The molecular weight excluding hydrogens is 212 g/mol. The summed E-state index contributed by atoms with van der Waals surface area (Å²) in [6, 6.07) is 0.826. The maximum Gasteiger partial charge on any atom is 0.0824 e. The summed E-state index contributed by atoms with van der Waals surface area (Å²) in [5, 5.41) is 0. The van der Waals surface area contributed by atoms with Crippen LogP contribution in [0.3, 0.4) is 0 Å². The summed E-state index contributed by atoms with van der Waals surface area (Å²) in [5.41, 5.74) is 5.73. The topological polar surface area (TPSA) is 38.5 Å². The van der Waals surface area contributed by atoms with Crippen LogP contribution in [0.15, 0.2) is 0 Å². The fourth-order valence-corrected chi connectivity index (χ4v) is 3.74. The van der Waals surface area contributed by atoms with Gasteiger partial charge in [0.1, 0.15) is 0 Å². The second-order valence-electron chi connectivity index (χ2n) is 6.14. The van der Waals surface area contributed by atoms with Crippen molar-refractivity contribution in [3.8, 4) is 0 Å². The van der Waals surface area contributed by atoms with Gasteiger partial charge >= 0.3 is 0 Å². The highest BCUT2D eigenvalue weighted by molar-refractivity contribution is 4.90. The molecule has 98 valence electrons. The lowest BCUT2D eigenvalue weighted by Gasteiger charge is -2.41. The van der Waals surface area contributed by atoms with Gasteiger partial charge in [-0.05, 0) is 37.5 Å².